The number of benzene rings is 3. The molecule has 3 aromatic rings. The first-order chi connectivity index (χ1) is 14.2. The molecule has 0 saturated carbocycles. The van der Waals surface area contributed by atoms with Crippen molar-refractivity contribution in [2.75, 3.05) is 0 Å². The van der Waals surface area contributed by atoms with E-state index < -0.39 is 0 Å². The second-order valence-corrected chi connectivity index (χ2v) is 4.75. The molecule has 8 nitrogen and oxygen atoms in total. The van der Waals surface area contributed by atoms with E-state index in [1.165, 1.54) is 5.56 Å². The van der Waals surface area contributed by atoms with Crippen LogP contribution >= 0.6 is 0 Å². The van der Waals surface area contributed by atoms with E-state index in [4.69, 9.17) is 11.1 Å². The number of hydrazone groups is 2. The summed E-state index contributed by atoms with van der Waals surface area (Å²) in [6.07, 6.45) is 1.89. The Hall–Kier alpha value is -4.20. The number of rotatable bonds is 2. The van der Waals surface area contributed by atoms with Crippen molar-refractivity contribution in [1.82, 2.24) is 0 Å². The molecule has 0 radical (unpaired) electrons. The summed E-state index contributed by atoms with van der Waals surface area (Å²) in [6, 6.07) is 34.3. The molecule has 0 bridgehead atoms. The minimum Gasteiger partial charge on any atom is -0.322 e. The Kier molecular flexibility index (Phi) is 24.3. The van der Waals surface area contributed by atoms with Crippen molar-refractivity contribution in [2.24, 2.45) is 32.1 Å². The smallest absolute Gasteiger partial charge is 0.156 e. The van der Waals surface area contributed by atoms with Gasteiger partial charge in [0.25, 0.3) is 0 Å². The highest BCUT2D eigenvalue weighted by atomic mass is 15.2. The summed E-state index contributed by atoms with van der Waals surface area (Å²) in [5.41, 5.74) is 13.3. The van der Waals surface area contributed by atoms with Gasteiger partial charge in [-0.15, -0.1) is 10.2 Å². The zero-order chi connectivity index (χ0) is 21.8. The minimum absolute atomic E-state index is 0.944. The maximum Gasteiger partial charge on any atom is 0.156 e. The molecule has 0 amide bonds. The number of hydrogen-bond donors (Lipinski definition) is 4. The molecule has 0 aliphatic carbocycles. The maximum atomic E-state index is 6.00. The van der Waals surface area contributed by atoms with Crippen molar-refractivity contribution >= 4 is 12.7 Å². The molecule has 0 unspecified atom stereocenters. The number of nitrogens with one attached hydrogen (secondary N) is 2. The third-order valence-electron chi connectivity index (χ3n) is 2.52. The first-order valence-electron chi connectivity index (χ1n) is 8.41. The Labute approximate surface area is 172 Å². The largest absolute Gasteiger partial charge is 0.322 e. The van der Waals surface area contributed by atoms with E-state index in [1.54, 1.807) is 0 Å². The molecular formula is C21H28N8. The molecular weight excluding hydrogens is 364 g/mol. The quantitative estimate of drug-likeness (QED) is 0.156. The van der Waals surface area contributed by atoms with Crippen LogP contribution in [0.2, 0.25) is 0 Å². The van der Waals surface area contributed by atoms with Crippen LogP contribution in [0.15, 0.2) is 124 Å². The van der Waals surface area contributed by atoms with Gasteiger partial charge in [0, 0.05) is 0 Å². The first kappa shape index (κ1) is 27.0. The van der Waals surface area contributed by atoms with Crippen molar-refractivity contribution in [3.05, 3.63) is 109 Å². The third kappa shape index (κ3) is 28.9. The second kappa shape index (κ2) is 26.0. The summed E-state index contributed by atoms with van der Waals surface area (Å²) in [4.78, 5) is 0. The molecule has 0 aliphatic rings. The number of aryl methyl sites for hydroxylation is 1. The summed E-state index contributed by atoms with van der Waals surface area (Å²) in [6.45, 7) is 2.08. The first-order valence-corrected chi connectivity index (χ1v) is 8.41. The van der Waals surface area contributed by atoms with Crippen LogP contribution in [0.4, 0.5) is 0 Å². The average Bonchev–Trinajstić information content (AvgIpc) is 2.80. The van der Waals surface area contributed by atoms with Crippen LogP contribution in [0.1, 0.15) is 5.56 Å². The lowest BCUT2D eigenvalue weighted by Crippen LogP contribution is -1.75. The SMILES string of the molecule is Cc1ccccc1.N=NC=NN.N=NC=NN.c1ccccc1.c1ccccc1. The molecule has 6 N–H and O–H groups in total. The molecule has 0 atom stereocenters. The van der Waals surface area contributed by atoms with Crippen LogP contribution < -0.4 is 11.7 Å². The molecule has 0 aliphatic heterocycles. The zero-order valence-electron chi connectivity index (χ0n) is 16.4. The van der Waals surface area contributed by atoms with Gasteiger partial charge in [0.1, 0.15) is 0 Å². The summed E-state index contributed by atoms with van der Waals surface area (Å²) in [7, 11) is 0. The summed E-state index contributed by atoms with van der Waals surface area (Å²) in [5, 5.41) is 11.1. The molecule has 0 saturated heterocycles. The molecule has 152 valence electrons. The third-order valence-corrected chi connectivity index (χ3v) is 2.52. The molecule has 0 fully saturated rings. The standard InChI is InChI=1S/C7H8.2C6H6.2CH4N4/c1-7-5-3-2-4-6-7;2*1-2-4-6-5-3-1;2*2-4-1-5-3/h2-6H,1H3;2*1-6H;2*1-2H,3H2. The lowest BCUT2D eigenvalue weighted by atomic mass is 10.2. The summed E-state index contributed by atoms with van der Waals surface area (Å²) < 4.78 is 0. The van der Waals surface area contributed by atoms with Crippen LogP contribution in [-0.4, -0.2) is 12.7 Å². The van der Waals surface area contributed by atoms with Crippen LogP contribution in [-0.2, 0) is 0 Å². The molecule has 0 heterocycles. The van der Waals surface area contributed by atoms with Gasteiger partial charge in [-0.25, -0.2) is 11.1 Å². The van der Waals surface area contributed by atoms with E-state index in [2.05, 4.69) is 51.2 Å². The maximum absolute atomic E-state index is 6.00. The lowest BCUT2D eigenvalue weighted by molar-refractivity contribution is 1.17. The predicted molar refractivity (Wildman–Crippen MR) is 120 cm³/mol. The molecule has 8 heteroatoms. The van der Waals surface area contributed by atoms with Crippen molar-refractivity contribution in [1.29, 1.82) is 11.1 Å². The molecule has 3 aromatic carbocycles. The van der Waals surface area contributed by atoms with E-state index in [0.29, 0.717) is 0 Å². The fourth-order valence-electron chi connectivity index (χ4n) is 1.37. The van der Waals surface area contributed by atoms with Crippen molar-refractivity contribution < 1.29 is 0 Å². The van der Waals surface area contributed by atoms with Gasteiger partial charge in [-0.1, -0.05) is 109 Å². The van der Waals surface area contributed by atoms with Gasteiger partial charge in [-0.2, -0.15) is 10.2 Å². The fourth-order valence-corrected chi connectivity index (χ4v) is 1.37. The van der Waals surface area contributed by atoms with Gasteiger partial charge >= 0.3 is 0 Å². The molecule has 0 spiro atoms. The Morgan fingerprint density at radius 2 is 0.793 bits per heavy atom. The number of nitrogens with zero attached hydrogens (tertiary/aromatic N) is 4. The van der Waals surface area contributed by atoms with Crippen LogP contribution in [0, 0.1) is 18.0 Å². The van der Waals surface area contributed by atoms with Crippen molar-refractivity contribution in [3.8, 4) is 0 Å². The minimum atomic E-state index is 0.944. The Bertz CT molecular complexity index is 631. The topological polar surface area (TPSA) is 149 Å². The van der Waals surface area contributed by atoms with Crippen LogP contribution in [0.5, 0.6) is 0 Å². The van der Waals surface area contributed by atoms with E-state index in [0.717, 1.165) is 12.7 Å². The number of hydrogen-bond acceptors (Lipinski definition) is 6. The van der Waals surface area contributed by atoms with Gasteiger partial charge in [-0.3, -0.25) is 0 Å². The second-order valence-electron chi connectivity index (χ2n) is 4.75. The van der Waals surface area contributed by atoms with Gasteiger partial charge < -0.3 is 11.7 Å². The van der Waals surface area contributed by atoms with Crippen molar-refractivity contribution in [2.45, 2.75) is 6.92 Å². The summed E-state index contributed by atoms with van der Waals surface area (Å²) in [5.74, 6) is 8.99. The highest BCUT2D eigenvalue weighted by Gasteiger charge is 1.72. The normalized spacial score (nSPS) is 8.45. The van der Waals surface area contributed by atoms with E-state index in [1.807, 2.05) is 91.0 Å². The van der Waals surface area contributed by atoms with Crippen molar-refractivity contribution in [3.63, 3.8) is 0 Å². The molecule has 3 rings (SSSR count). The van der Waals surface area contributed by atoms with Gasteiger partial charge in [-0.05, 0) is 6.92 Å². The van der Waals surface area contributed by atoms with Gasteiger partial charge in [0.05, 0.1) is 0 Å². The lowest BCUT2D eigenvalue weighted by Gasteiger charge is -1.82. The monoisotopic (exact) mass is 392 g/mol. The zero-order valence-corrected chi connectivity index (χ0v) is 16.4. The number of nitrogens with two attached hydrogens (primary N) is 2. The predicted octanol–water partition coefficient (Wildman–Crippen LogP) is 5.21. The van der Waals surface area contributed by atoms with E-state index in [9.17, 15) is 0 Å². The molecule has 29 heavy (non-hydrogen) atoms. The average molecular weight is 393 g/mol. The van der Waals surface area contributed by atoms with Crippen LogP contribution in [0.3, 0.4) is 0 Å². The highest BCUT2D eigenvalue weighted by Crippen LogP contribution is 1.92. The van der Waals surface area contributed by atoms with Gasteiger partial charge in [0.15, 0.2) is 12.7 Å². The van der Waals surface area contributed by atoms with E-state index in [-0.39, 0.29) is 0 Å². The summed E-state index contributed by atoms with van der Waals surface area (Å²) >= 11 is 0. The fraction of sp³-hybridized carbons (Fsp3) is 0.0476. The van der Waals surface area contributed by atoms with E-state index >= 15 is 0 Å². The highest BCUT2D eigenvalue weighted by molar-refractivity contribution is 5.53. The van der Waals surface area contributed by atoms with Crippen LogP contribution in [0.25, 0.3) is 0 Å². The Balaban J connectivity index is 0. The Morgan fingerprint density at radius 3 is 0.897 bits per heavy atom. The van der Waals surface area contributed by atoms with Gasteiger partial charge in [0.2, 0.25) is 0 Å². The molecule has 0 aromatic heterocycles. The Morgan fingerprint density at radius 1 is 0.552 bits per heavy atom.